The van der Waals surface area contributed by atoms with Gasteiger partial charge in [0.25, 0.3) is 0 Å². The summed E-state index contributed by atoms with van der Waals surface area (Å²) in [6, 6.07) is 7.84. The molecule has 96 valence electrons. The lowest BCUT2D eigenvalue weighted by atomic mass is 9.95. The van der Waals surface area contributed by atoms with Crippen LogP contribution < -0.4 is 5.43 Å². The number of hydrogen-bond acceptors (Lipinski definition) is 3. The lowest BCUT2D eigenvalue weighted by molar-refractivity contribution is -0.121. The van der Waals surface area contributed by atoms with Crippen LogP contribution in [-0.2, 0) is 4.79 Å². The quantitative estimate of drug-likeness (QED) is 0.887. The maximum absolute atomic E-state index is 11.2. The number of aromatic nitrogens is 2. The third-order valence-corrected chi connectivity index (χ3v) is 3.17. The molecule has 2 aromatic heterocycles. The maximum Gasteiger partial charge on any atom is 0.240 e. The Hall–Kier alpha value is -2.43. The number of nitrogens with zero attached hydrogens (tertiary/aromatic N) is 3. The molecule has 1 atom stereocenters. The Morgan fingerprint density at radius 3 is 2.74 bits per heavy atom. The van der Waals surface area contributed by atoms with Gasteiger partial charge in [-0.25, -0.2) is 10.4 Å². The van der Waals surface area contributed by atoms with E-state index in [9.17, 15) is 4.79 Å². The summed E-state index contributed by atoms with van der Waals surface area (Å²) in [5, 5.41) is 4.12. The van der Waals surface area contributed by atoms with E-state index in [0.29, 0.717) is 6.42 Å². The van der Waals surface area contributed by atoms with Gasteiger partial charge in [-0.1, -0.05) is 6.92 Å². The summed E-state index contributed by atoms with van der Waals surface area (Å²) in [6.07, 6.45) is 6.16. The molecule has 2 aromatic rings. The van der Waals surface area contributed by atoms with Gasteiger partial charge in [-0.05, 0) is 24.3 Å². The summed E-state index contributed by atoms with van der Waals surface area (Å²) in [6.45, 7) is 2.00. The van der Waals surface area contributed by atoms with Crippen molar-refractivity contribution in [2.45, 2.75) is 13.3 Å². The van der Waals surface area contributed by atoms with Crippen molar-refractivity contribution in [2.24, 2.45) is 11.0 Å². The summed E-state index contributed by atoms with van der Waals surface area (Å²) in [7, 11) is 0. The number of amides is 1. The van der Waals surface area contributed by atoms with Crippen LogP contribution in [0.5, 0.6) is 0 Å². The molecule has 0 saturated carbocycles. The third kappa shape index (κ3) is 2.27. The minimum absolute atomic E-state index is 0.0341. The number of nitrogens with one attached hydrogen (secondary N) is 1. The molecule has 1 N–H and O–H groups in total. The topological polar surface area (TPSA) is 59.3 Å². The summed E-state index contributed by atoms with van der Waals surface area (Å²) in [4.78, 5) is 15.6. The number of hydrogen-bond donors (Lipinski definition) is 1. The van der Waals surface area contributed by atoms with Gasteiger partial charge in [-0.15, -0.1) is 0 Å². The summed E-state index contributed by atoms with van der Waals surface area (Å²) >= 11 is 0. The van der Waals surface area contributed by atoms with Crippen molar-refractivity contribution in [3.63, 3.8) is 0 Å². The highest BCUT2D eigenvalue weighted by Crippen LogP contribution is 2.16. The van der Waals surface area contributed by atoms with Gasteiger partial charge < -0.3 is 4.57 Å². The number of carbonyl (C=O) groups is 1. The van der Waals surface area contributed by atoms with Gasteiger partial charge in [0.05, 0.1) is 5.71 Å². The second kappa shape index (κ2) is 4.68. The molecule has 0 radical (unpaired) electrons. The first kappa shape index (κ1) is 11.6. The largest absolute Gasteiger partial charge is 0.309 e. The SMILES string of the molecule is CC1CC(=O)NN=C1c1ccc(-n2cccc2)nc1. The molecule has 19 heavy (non-hydrogen) atoms. The normalized spacial score (nSPS) is 18.9. The molecule has 1 aliphatic heterocycles. The van der Waals surface area contributed by atoms with Crippen LogP contribution in [0.1, 0.15) is 18.9 Å². The van der Waals surface area contributed by atoms with Crippen LogP contribution in [-0.4, -0.2) is 21.2 Å². The second-order valence-corrected chi connectivity index (χ2v) is 4.63. The molecule has 1 amide bonds. The predicted octanol–water partition coefficient (Wildman–Crippen LogP) is 1.73. The first-order valence-corrected chi connectivity index (χ1v) is 6.20. The van der Waals surface area contributed by atoms with E-state index in [1.165, 1.54) is 0 Å². The van der Waals surface area contributed by atoms with E-state index in [-0.39, 0.29) is 11.8 Å². The number of carbonyl (C=O) groups excluding carboxylic acids is 1. The van der Waals surface area contributed by atoms with Crippen molar-refractivity contribution in [1.29, 1.82) is 0 Å². The van der Waals surface area contributed by atoms with Crippen molar-refractivity contribution in [1.82, 2.24) is 15.0 Å². The standard InChI is InChI=1S/C14H14N4O/c1-10-8-13(19)16-17-14(10)11-4-5-12(15-9-11)18-6-2-3-7-18/h2-7,9-10H,8H2,1H3,(H,16,19). The maximum atomic E-state index is 11.2. The van der Waals surface area contributed by atoms with Crippen molar-refractivity contribution in [2.75, 3.05) is 0 Å². The monoisotopic (exact) mass is 254 g/mol. The van der Waals surface area contributed by atoms with Gasteiger partial charge in [-0.2, -0.15) is 5.10 Å². The van der Waals surface area contributed by atoms with Crippen LogP contribution in [0.15, 0.2) is 48.0 Å². The van der Waals surface area contributed by atoms with Gasteiger partial charge in [0.1, 0.15) is 5.82 Å². The fourth-order valence-electron chi connectivity index (χ4n) is 2.18. The molecule has 1 aliphatic rings. The Balaban J connectivity index is 1.89. The Bertz CT molecular complexity index is 613. The van der Waals surface area contributed by atoms with Crippen LogP contribution in [0.2, 0.25) is 0 Å². The van der Waals surface area contributed by atoms with Gasteiger partial charge in [0, 0.05) is 36.5 Å². The van der Waals surface area contributed by atoms with Crippen LogP contribution in [0.3, 0.4) is 0 Å². The molecule has 1 unspecified atom stereocenters. The van der Waals surface area contributed by atoms with E-state index in [4.69, 9.17) is 0 Å². The van der Waals surface area contributed by atoms with Crippen LogP contribution in [0, 0.1) is 5.92 Å². The minimum atomic E-state index is -0.0341. The summed E-state index contributed by atoms with van der Waals surface area (Å²) in [5.74, 6) is 0.947. The highest BCUT2D eigenvalue weighted by atomic mass is 16.2. The van der Waals surface area contributed by atoms with Gasteiger partial charge in [0.2, 0.25) is 5.91 Å². The zero-order valence-corrected chi connectivity index (χ0v) is 10.6. The van der Waals surface area contributed by atoms with Crippen molar-refractivity contribution >= 4 is 11.6 Å². The van der Waals surface area contributed by atoms with Gasteiger partial charge in [0.15, 0.2) is 0 Å². The lowest BCUT2D eigenvalue weighted by Gasteiger charge is -2.18. The zero-order valence-electron chi connectivity index (χ0n) is 10.6. The van der Waals surface area contributed by atoms with Crippen molar-refractivity contribution in [3.8, 4) is 5.82 Å². The molecule has 5 heteroatoms. The number of rotatable bonds is 2. The fraction of sp³-hybridized carbons (Fsp3) is 0.214. The Labute approximate surface area is 111 Å². The minimum Gasteiger partial charge on any atom is -0.309 e. The molecular formula is C14H14N4O. The van der Waals surface area contributed by atoms with E-state index in [0.717, 1.165) is 17.1 Å². The predicted molar refractivity (Wildman–Crippen MR) is 72.0 cm³/mol. The number of hydrazone groups is 1. The van der Waals surface area contributed by atoms with E-state index >= 15 is 0 Å². The van der Waals surface area contributed by atoms with Crippen LogP contribution >= 0.6 is 0 Å². The summed E-state index contributed by atoms with van der Waals surface area (Å²) in [5.41, 5.74) is 4.35. The van der Waals surface area contributed by atoms with E-state index in [1.807, 2.05) is 48.1 Å². The molecular weight excluding hydrogens is 240 g/mol. The Kier molecular flexibility index (Phi) is 2.87. The molecule has 3 rings (SSSR count). The summed E-state index contributed by atoms with van der Waals surface area (Å²) < 4.78 is 1.94. The Morgan fingerprint density at radius 2 is 2.11 bits per heavy atom. The molecule has 0 aromatic carbocycles. The zero-order chi connectivity index (χ0) is 13.2. The average molecular weight is 254 g/mol. The van der Waals surface area contributed by atoms with Gasteiger partial charge in [-0.3, -0.25) is 4.79 Å². The van der Waals surface area contributed by atoms with E-state index < -0.39 is 0 Å². The molecule has 5 nitrogen and oxygen atoms in total. The van der Waals surface area contributed by atoms with E-state index in [1.54, 1.807) is 6.20 Å². The first-order chi connectivity index (χ1) is 9.24. The lowest BCUT2D eigenvalue weighted by Crippen LogP contribution is -2.32. The Morgan fingerprint density at radius 1 is 1.32 bits per heavy atom. The molecule has 0 bridgehead atoms. The molecule has 0 saturated heterocycles. The first-order valence-electron chi connectivity index (χ1n) is 6.20. The fourth-order valence-corrected chi connectivity index (χ4v) is 2.18. The van der Waals surface area contributed by atoms with Crippen LogP contribution in [0.4, 0.5) is 0 Å². The van der Waals surface area contributed by atoms with E-state index in [2.05, 4.69) is 15.5 Å². The third-order valence-electron chi connectivity index (χ3n) is 3.17. The van der Waals surface area contributed by atoms with Crippen molar-refractivity contribution < 1.29 is 4.79 Å². The molecule has 0 aliphatic carbocycles. The molecule has 3 heterocycles. The molecule has 0 spiro atoms. The highest BCUT2D eigenvalue weighted by molar-refractivity contribution is 6.05. The molecule has 0 fully saturated rings. The van der Waals surface area contributed by atoms with Gasteiger partial charge >= 0.3 is 0 Å². The highest BCUT2D eigenvalue weighted by Gasteiger charge is 2.21. The number of pyridine rings is 1. The van der Waals surface area contributed by atoms with Crippen LogP contribution in [0.25, 0.3) is 5.82 Å². The smallest absolute Gasteiger partial charge is 0.240 e. The average Bonchev–Trinajstić information content (AvgIpc) is 2.93. The second-order valence-electron chi connectivity index (χ2n) is 4.63. The van der Waals surface area contributed by atoms with Crippen molar-refractivity contribution in [3.05, 3.63) is 48.4 Å².